The van der Waals surface area contributed by atoms with Crippen molar-refractivity contribution in [3.8, 4) is 0 Å². The van der Waals surface area contributed by atoms with E-state index < -0.39 is 0 Å². The first kappa shape index (κ1) is 19.6. The number of carbonyl (C=O) groups excluding carboxylic acids is 1. The van der Waals surface area contributed by atoms with Crippen LogP contribution in [0.2, 0.25) is 5.02 Å². The Balaban J connectivity index is 1.72. The first-order valence-electron chi connectivity index (χ1n) is 8.84. The summed E-state index contributed by atoms with van der Waals surface area (Å²) in [5.74, 6) is -0.113. The fraction of sp³-hybridized carbons (Fsp3) is 0.227. The van der Waals surface area contributed by atoms with Crippen molar-refractivity contribution in [2.75, 3.05) is 11.9 Å². The van der Waals surface area contributed by atoms with Crippen LogP contribution >= 0.6 is 22.9 Å². The summed E-state index contributed by atoms with van der Waals surface area (Å²) in [5.41, 5.74) is 5.07. The normalized spacial score (nSPS) is 12.0. The molecule has 3 aromatic rings. The topological polar surface area (TPSA) is 41.1 Å². The molecule has 3 nitrogen and oxygen atoms in total. The molecule has 0 unspecified atom stereocenters. The van der Waals surface area contributed by atoms with Crippen molar-refractivity contribution in [3.05, 3.63) is 86.1 Å². The van der Waals surface area contributed by atoms with Crippen LogP contribution in [0.1, 0.15) is 33.2 Å². The molecule has 27 heavy (non-hydrogen) atoms. The van der Waals surface area contributed by atoms with E-state index >= 15 is 0 Å². The standard InChI is InChI=1S/C22H23ClN2OS/c1-14-6-8-17(9-7-14)22(19-5-4-10-27-19)24-13-20(26)25-21-16(3)11-15(2)12-18(21)23/h4-12,22,24H,13H2,1-3H3,(H,25,26)/t22-/m0/s1. The van der Waals surface area contributed by atoms with Gasteiger partial charge in [-0.05, 0) is 55.0 Å². The number of rotatable bonds is 6. The van der Waals surface area contributed by atoms with Crippen LogP contribution in [0.25, 0.3) is 0 Å². The average molecular weight is 399 g/mol. The Labute approximate surface area is 169 Å². The van der Waals surface area contributed by atoms with E-state index in [2.05, 4.69) is 47.9 Å². The van der Waals surface area contributed by atoms with Crippen molar-refractivity contribution in [1.82, 2.24) is 5.32 Å². The zero-order chi connectivity index (χ0) is 19.4. The molecule has 5 heteroatoms. The maximum absolute atomic E-state index is 12.5. The molecule has 1 amide bonds. The molecular weight excluding hydrogens is 376 g/mol. The van der Waals surface area contributed by atoms with Gasteiger partial charge in [-0.2, -0.15) is 0 Å². The number of aryl methyl sites for hydroxylation is 3. The summed E-state index contributed by atoms with van der Waals surface area (Å²) in [4.78, 5) is 13.7. The summed E-state index contributed by atoms with van der Waals surface area (Å²) in [6, 6.07) is 16.3. The molecule has 1 heterocycles. The highest BCUT2D eigenvalue weighted by molar-refractivity contribution is 7.10. The Bertz CT molecular complexity index is 897. The second kappa shape index (κ2) is 8.70. The van der Waals surface area contributed by atoms with E-state index in [-0.39, 0.29) is 18.5 Å². The molecule has 0 fully saturated rings. The molecule has 0 bridgehead atoms. The zero-order valence-electron chi connectivity index (χ0n) is 15.7. The molecular formula is C22H23ClN2OS. The second-order valence-electron chi connectivity index (χ2n) is 6.73. The van der Waals surface area contributed by atoms with Crippen LogP contribution in [0.4, 0.5) is 5.69 Å². The van der Waals surface area contributed by atoms with E-state index in [1.807, 2.05) is 37.4 Å². The maximum atomic E-state index is 12.5. The lowest BCUT2D eigenvalue weighted by molar-refractivity contribution is -0.115. The predicted octanol–water partition coefficient (Wildman–Crippen LogP) is 5.64. The number of anilines is 1. The smallest absolute Gasteiger partial charge is 0.238 e. The minimum Gasteiger partial charge on any atom is -0.323 e. The van der Waals surface area contributed by atoms with Gasteiger partial charge in [-0.1, -0.05) is 53.6 Å². The lowest BCUT2D eigenvalue weighted by Gasteiger charge is -2.19. The van der Waals surface area contributed by atoms with Gasteiger partial charge in [0, 0.05) is 4.88 Å². The van der Waals surface area contributed by atoms with Gasteiger partial charge in [0.05, 0.1) is 23.3 Å². The minimum absolute atomic E-state index is 0.0223. The number of benzene rings is 2. The molecule has 0 aliphatic carbocycles. The Kier molecular flexibility index (Phi) is 6.32. The van der Waals surface area contributed by atoms with E-state index in [1.54, 1.807) is 11.3 Å². The number of thiophene rings is 1. The Morgan fingerprint density at radius 1 is 1.07 bits per heavy atom. The fourth-order valence-corrected chi connectivity index (χ4v) is 4.24. The molecule has 0 spiro atoms. The van der Waals surface area contributed by atoms with Gasteiger partial charge in [0.2, 0.25) is 5.91 Å². The summed E-state index contributed by atoms with van der Waals surface area (Å²) in [6.07, 6.45) is 0. The van der Waals surface area contributed by atoms with Gasteiger partial charge < -0.3 is 5.32 Å². The van der Waals surface area contributed by atoms with Crippen molar-refractivity contribution in [2.45, 2.75) is 26.8 Å². The average Bonchev–Trinajstić information content (AvgIpc) is 3.14. The summed E-state index contributed by atoms with van der Waals surface area (Å²) in [7, 11) is 0. The van der Waals surface area contributed by atoms with Gasteiger partial charge >= 0.3 is 0 Å². The molecule has 140 valence electrons. The van der Waals surface area contributed by atoms with E-state index in [4.69, 9.17) is 11.6 Å². The third kappa shape index (κ3) is 4.98. The Morgan fingerprint density at radius 2 is 1.81 bits per heavy atom. The molecule has 0 radical (unpaired) electrons. The van der Waals surface area contributed by atoms with Gasteiger partial charge in [0.1, 0.15) is 0 Å². The molecule has 3 rings (SSSR count). The van der Waals surface area contributed by atoms with Gasteiger partial charge in [0.15, 0.2) is 0 Å². The fourth-order valence-electron chi connectivity index (χ4n) is 3.05. The van der Waals surface area contributed by atoms with E-state index in [0.717, 1.165) is 16.7 Å². The monoisotopic (exact) mass is 398 g/mol. The molecule has 1 atom stereocenters. The van der Waals surface area contributed by atoms with Crippen LogP contribution in [0.3, 0.4) is 0 Å². The number of amides is 1. The first-order valence-corrected chi connectivity index (χ1v) is 10.1. The lowest BCUT2D eigenvalue weighted by Crippen LogP contribution is -2.31. The minimum atomic E-state index is -0.113. The van der Waals surface area contributed by atoms with Gasteiger partial charge in [0.25, 0.3) is 0 Å². The molecule has 1 aromatic heterocycles. The SMILES string of the molecule is Cc1ccc([C@H](NCC(=O)Nc2c(C)cc(C)cc2Cl)c2cccs2)cc1. The number of hydrogen-bond acceptors (Lipinski definition) is 3. The van der Waals surface area contributed by atoms with Crippen LogP contribution in [-0.4, -0.2) is 12.5 Å². The second-order valence-corrected chi connectivity index (χ2v) is 8.11. The van der Waals surface area contributed by atoms with Gasteiger partial charge in [-0.25, -0.2) is 0 Å². The Morgan fingerprint density at radius 3 is 2.44 bits per heavy atom. The van der Waals surface area contributed by atoms with Crippen molar-refractivity contribution in [3.63, 3.8) is 0 Å². The highest BCUT2D eigenvalue weighted by Crippen LogP contribution is 2.28. The summed E-state index contributed by atoms with van der Waals surface area (Å²) in [6.45, 7) is 6.19. The quantitative estimate of drug-likeness (QED) is 0.563. The van der Waals surface area contributed by atoms with Gasteiger partial charge in [-0.15, -0.1) is 11.3 Å². The third-order valence-electron chi connectivity index (χ3n) is 4.40. The molecule has 2 aromatic carbocycles. The van der Waals surface area contributed by atoms with E-state index in [9.17, 15) is 4.79 Å². The van der Waals surface area contributed by atoms with Crippen molar-refractivity contribution in [2.24, 2.45) is 0 Å². The predicted molar refractivity (Wildman–Crippen MR) is 115 cm³/mol. The van der Waals surface area contributed by atoms with Crippen molar-refractivity contribution < 1.29 is 4.79 Å². The zero-order valence-corrected chi connectivity index (χ0v) is 17.2. The highest BCUT2D eigenvalue weighted by Gasteiger charge is 2.17. The number of hydrogen-bond donors (Lipinski definition) is 2. The van der Waals surface area contributed by atoms with Crippen molar-refractivity contribution in [1.29, 1.82) is 0 Å². The summed E-state index contributed by atoms with van der Waals surface area (Å²) < 4.78 is 0. The molecule has 2 N–H and O–H groups in total. The molecule has 0 saturated carbocycles. The molecule has 0 aliphatic rings. The van der Waals surface area contributed by atoms with E-state index in [1.165, 1.54) is 10.4 Å². The van der Waals surface area contributed by atoms with Crippen LogP contribution in [-0.2, 0) is 4.79 Å². The molecule has 0 aliphatic heterocycles. The first-order chi connectivity index (χ1) is 12.9. The number of halogens is 1. The number of nitrogens with one attached hydrogen (secondary N) is 2. The van der Waals surface area contributed by atoms with Crippen LogP contribution in [0.15, 0.2) is 53.9 Å². The third-order valence-corrected chi connectivity index (χ3v) is 5.64. The molecule has 0 saturated heterocycles. The summed E-state index contributed by atoms with van der Waals surface area (Å²) in [5, 5.41) is 8.93. The maximum Gasteiger partial charge on any atom is 0.238 e. The largest absolute Gasteiger partial charge is 0.323 e. The number of carbonyl (C=O) groups is 1. The highest BCUT2D eigenvalue weighted by atomic mass is 35.5. The van der Waals surface area contributed by atoms with Crippen molar-refractivity contribution >= 4 is 34.5 Å². The van der Waals surface area contributed by atoms with Crippen LogP contribution in [0.5, 0.6) is 0 Å². The summed E-state index contributed by atoms with van der Waals surface area (Å²) >= 11 is 7.98. The lowest BCUT2D eigenvalue weighted by atomic mass is 10.0. The van der Waals surface area contributed by atoms with E-state index in [0.29, 0.717) is 10.7 Å². The van der Waals surface area contributed by atoms with Crippen LogP contribution in [0, 0.1) is 20.8 Å². The van der Waals surface area contributed by atoms with Gasteiger partial charge in [-0.3, -0.25) is 10.1 Å². The Hall–Kier alpha value is -2.14. The van der Waals surface area contributed by atoms with Crippen LogP contribution < -0.4 is 10.6 Å².